The topological polar surface area (TPSA) is 42.7 Å². The Hall–Kier alpha value is -2.23. The SMILES string of the molecule is COc1ccc(CCC2CCN(C(=O)c3ccoc3)CC2)cc1. The van der Waals surface area contributed by atoms with Crippen LogP contribution in [0, 0.1) is 5.92 Å². The number of rotatable bonds is 5. The van der Waals surface area contributed by atoms with Crippen molar-refractivity contribution in [2.45, 2.75) is 25.7 Å². The molecule has 1 aromatic carbocycles. The summed E-state index contributed by atoms with van der Waals surface area (Å²) in [5.41, 5.74) is 2.00. The molecule has 0 spiro atoms. The molecule has 0 saturated carbocycles. The highest BCUT2D eigenvalue weighted by Crippen LogP contribution is 2.24. The molecule has 1 fully saturated rings. The Balaban J connectivity index is 1.44. The lowest BCUT2D eigenvalue weighted by Gasteiger charge is -2.31. The molecule has 1 aliphatic rings. The maximum atomic E-state index is 12.3. The van der Waals surface area contributed by atoms with Gasteiger partial charge in [-0.15, -0.1) is 0 Å². The highest BCUT2D eigenvalue weighted by atomic mass is 16.5. The number of aryl methyl sites for hydroxylation is 1. The predicted molar refractivity (Wildman–Crippen MR) is 88.7 cm³/mol. The van der Waals surface area contributed by atoms with Crippen molar-refractivity contribution in [3.63, 3.8) is 0 Å². The van der Waals surface area contributed by atoms with Crippen LogP contribution in [0.25, 0.3) is 0 Å². The van der Waals surface area contributed by atoms with Crippen molar-refractivity contribution in [1.29, 1.82) is 0 Å². The van der Waals surface area contributed by atoms with Gasteiger partial charge in [-0.05, 0) is 55.4 Å². The fraction of sp³-hybridized carbons (Fsp3) is 0.421. The van der Waals surface area contributed by atoms with Gasteiger partial charge in [0.2, 0.25) is 0 Å². The standard InChI is InChI=1S/C19H23NO3/c1-22-18-6-4-15(5-7-18)2-3-16-8-11-20(12-9-16)19(21)17-10-13-23-14-17/h4-7,10,13-14,16H,2-3,8-9,11-12H2,1H3. The molecule has 0 bridgehead atoms. The fourth-order valence-electron chi connectivity index (χ4n) is 3.16. The number of ether oxygens (including phenoxy) is 1. The first-order chi connectivity index (χ1) is 11.3. The van der Waals surface area contributed by atoms with Crippen molar-refractivity contribution < 1.29 is 13.9 Å². The molecule has 3 rings (SSSR count). The molecule has 23 heavy (non-hydrogen) atoms. The number of carbonyl (C=O) groups is 1. The number of benzene rings is 1. The third kappa shape index (κ3) is 3.95. The summed E-state index contributed by atoms with van der Waals surface area (Å²) in [7, 11) is 1.69. The number of hydrogen-bond donors (Lipinski definition) is 0. The highest BCUT2D eigenvalue weighted by molar-refractivity contribution is 5.93. The Bertz CT molecular complexity index is 611. The zero-order valence-electron chi connectivity index (χ0n) is 13.5. The molecule has 1 aliphatic heterocycles. The Kier molecular flexibility index (Phi) is 5.01. The highest BCUT2D eigenvalue weighted by Gasteiger charge is 2.23. The van der Waals surface area contributed by atoms with Crippen LogP contribution >= 0.6 is 0 Å². The Morgan fingerprint density at radius 3 is 2.57 bits per heavy atom. The molecular formula is C19H23NO3. The zero-order chi connectivity index (χ0) is 16.1. The first kappa shape index (κ1) is 15.7. The molecule has 2 heterocycles. The van der Waals surface area contributed by atoms with Gasteiger partial charge in [0, 0.05) is 13.1 Å². The van der Waals surface area contributed by atoms with E-state index in [0.29, 0.717) is 11.5 Å². The number of piperidine rings is 1. The predicted octanol–water partition coefficient (Wildman–Crippen LogP) is 3.77. The normalized spacial score (nSPS) is 15.6. The van der Waals surface area contributed by atoms with Crippen LogP contribution in [0.1, 0.15) is 35.2 Å². The number of likely N-dealkylation sites (tertiary alicyclic amines) is 1. The van der Waals surface area contributed by atoms with Gasteiger partial charge in [0.25, 0.3) is 5.91 Å². The van der Waals surface area contributed by atoms with Crippen molar-refractivity contribution in [2.24, 2.45) is 5.92 Å². The van der Waals surface area contributed by atoms with Gasteiger partial charge < -0.3 is 14.1 Å². The van der Waals surface area contributed by atoms with E-state index in [2.05, 4.69) is 12.1 Å². The van der Waals surface area contributed by atoms with Gasteiger partial charge in [-0.1, -0.05) is 12.1 Å². The Morgan fingerprint density at radius 2 is 1.96 bits per heavy atom. The summed E-state index contributed by atoms with van der Waals surface area (Å²) in [4.78, 5) is 14.2. The molecule has 0 radical (unpaired) electrons. The molecule has 1 aromatic heterocycles. The van der Waals surface area contributed by atoms with Crippen LogP contribution in [-0.2, 0) is 6.42 Å². The molecule has 0 aliphatic carbocycles. The minimum absolute atomic E-state index is 0.0901. The largest absolute Gasteiger partial charge is 0.497 e. The van der Waals surface area contributed by atoms with Crippen LogP contribution in [0.2, 0.25) is 0 Å². The van der Waals surface area contributed by atoms with Crippen LogP contribution < -0.4 is 4.74 Å². The van der Waals surface area contributed by atoms with E-state index in [1.807, 2.05) is 17.0 Å². The van der Waals surface area contributed by atoms with E-state index in [1.54, 1.807) is 19.4 Å². The van der Waals surface area contributed by atoms with Gasteiger partial charge in [-0.25, -0.2) is 0 Å². The summed E-state index contributed by atoms with van der Waals surface area (Å²) < 4.78 is 10.2. The third-order valence-electron chi connectivity index (χ3n) is 4.67. The lowest BCUT2D eigenvalue weighted by molar-refractivity contribution is 0.0686. The van der Waals surface area contributed by atoms with Crippen molar-refractivity contribution in [1.82, 2.24) is 4.90 Å². The minimum atomic E-state index is 0.0901. The zero-order valence-corrected chi connectivity index (χ0v) is 13.5. The molecule has 0 atom stereocenters. The lowest BCUT2D eigenvalue weighted by Crippen LogP contribution is -2.38. The molecule has 0 unspecified atom stereocenters. The van der Waals surface area contributed by atoms with E-state index in [0.717, 1.165) is 38.1 Å². The van der Waals surface area contributed by atoms with Crippen molar-refractivity contribution in [3.05, 3.63) is 54.0 Å². The van der Waals surface area contributed by atoms with Gasteiger partial charge in [0.15, 0.2) is 0 Å². The first-order valence-electron chi connectivity index (χ1n) is 8.20. The maximum Gasteiger partial charge on any atom is 0.257 e. The molecule has 4 heteroatoms. The van der Waals surface area contributed by atoms with Gasteiger partial charge in [0.1, 0.15) is 12.0 Å². The fourth-order valence-corrected chi connectivity index (χ4v) is 3.16. The summed E-state index contributed by atoms with van der Waals surface area (Å²) >= 11 is 0. The third-order valence-corrected chi connectivity index (χ3v) is 4.67. The number of furan rings is 1. The monoisotopic (exact) mass is 313 g/mol. The van der Waals surface area contributed by atoms with Crippen molar-refractivity contribution >= 4 is 5.91 Å². The summed E-state index contributed by atoms with van der Waals surface area (Å²) in [5, 5.41) is 0. The van der Waals surface area contributed by atoms with E-state index in [-0.39, 0.29) is 5.91 Å². The van der Waals surface area contributed by atoms with E-state index in [1.165, 1.54) is 18.2 Å². The van der Waals surface area contributed by atoms with E-state index < -0.39 is 0 Å². The molecule has 0 N–H and O–H groups in total. The molecule has 1 amide bonds. The quantitative estimate of drug-likeness (QED) is 0.844. The second kappa shape index (κ2) is 7.36. The van der Waals surface area contributed by atoms with E-state index in [4.69, 9.17) is 9.15 Å². The van der Waals surface area contributed by atoms with Crippen LogP contribution in [0.3, 0.4) is 0 Å². The van der Waals surface area contributed by atoms with Gasteiger partial charge in [0.05, 0.1) is 18.9 Å². The second-order valence-corrected chi connectivity index (χ2v) is 6.13. The van der Waals surface area contributed by atoms with E-state index in [9.17, 15) is 4.79 Å². The molecular weight excluding hydrogens is 290 g/mol. The molecule has 4 nitrogen and oxygen atoms in total. The van der Waals surface area contributed by atoms with Crippen molar-refractivity contribution in [2.75, 3.05) is 20.2 Å². The second-order valence-electron chi connectivity index (χ2n) is 6.13. The smallest absolute Gasteiger partial charge is 0.257 e. The number of amides is 1. The van der Waals surface area contributed by atoms with Gasteiger partial charge >= 0.3 is 0 Å². The average molecular weight is 313 g/mol. The van der Waals surface area contributed by atoms with Crippen LogP contribution in [0.4, 0.5) is 0 Å². The van der Waals surface area contributed by atoms with Crippen LogP contribution in [-0.4, -0.2) is 31.0 Å². The molecule has 1 saturated heterocycles. The Morgan fingerprint density at radius 1 is 1.22 bits per heavy atom. The summed E-state index contributed by atoms with van der Waals surface area (Å²) in [6.45, 7) is 1.69. The number of methoxy groups -OCH3 is 1. The van der Waals surface area contributed by atoms with Gasteiger partial charge in [-0.2, -0.15) is 0 Å². The summed E-state index contributed by atoms with van der Waals surface area (Å²) in [5.74, 6) is 1.69. The van der Waals surface area contributed by atoms with Crippen LogP contribution in [0.15, 0.2) is 47.3 Å². The minimum Gasteiger partial charge on any atom is -0.497 e. The van der Waals surface area contributed by atoms with Crippen molar-refractivity contribution in [3.8, 4) is 5.75 Å². The van der Waals surface area contributed by atoms with Gasteiger partial charge in [-0.3, -0.25) is 4.79 Å². The molecule has 2 aromatic rings. The average Bonchev–Trinajstić information content (AvgIpc) is 3.15. The maximum absolute atomic E-state index is 12.3. The Labute approximate surface area is 137 Å². The summed E-state index contributed by atoms with van der Waals surface area (Å²) in [6, 6.07) is 10.0. The number of nitrogens with zero attached hydrogens (tertiary/aromatic N) is 1. The summed E-state index contributed by atoms with van der Waals surface area (Å²) in [6.07, 6.45) is 7.51. The first-order valence-corrected chi connectivity index (χ1v) is 8.20. The number of carbonyl (C=O) groups excluding carboxylic acids is 1. The lowest BCUT2D eigenvalue weighted by atomic mass is 9.90. The number of hydrogen-bond acceptors (Lipinski definition) is 3. The molecule has 122 valence electrons. The van der Waals surface area contributed by atoms with Crippen LogP contribution in [0.5, 0.6) is 5.75 Å². The van der Waals surface area contributed by atoms with E-state index >= 15 is 0 Å².